The molecule has 0 saturated heterocycles. The molecule has 4 N–H and O–H groups in total. The summed E-state index contributed by atoms with van der Waals surface area (Å²) in [5.74, 6) is 0.650. The van der Waals surface area contributed by atoms with E-state index < -0.39 is 0 Å². The van der Waals surface area contributed by atoms with Crippen LogP contribution >= 0.6 is 0 Å². The van der Waals surface area contributed by atoms with E-state index in [1.165, 1.54) is 0 Å². The van der Waals surface area contributed by atoms with Crippen LogP contribution in [-0.2, 0) is 4.79 Å². The first kappa shape index (κ1) is 16.0. The molecule has 0 bridgehead atoms. The van der Waals surface area contributed by atoms with Crippen molar-refractivity contribution in [2.75, 3.05) is 0 Å². The number of hydrogen-bond acceptors (Lipinski definition) is 2. The molecule has 4 heteroatoms. The molecule has 0 aliphatic rings. The van der Waals surface area contributed by atoms with Crippen molar-refractivity contribution in [2.45, 2.75) is 20.3 Å². The number of nitrogens with two attached hydrogens (primary N) is 2. The molecule has 0 fully saturated rings. The first-order valence-electron chi connectivity index (χ1n) is 3.05. The summed E-state index contributed by atoms with van der Waals surface area (Å²) in [5, 5.41) is 0. The SMILES string of the molecule is C=C(N)CC(C)C.N[C-]=O.[Fm]. The Hall–Kier alpha value is -1.99. The van der Waals surface area contributed by atoms with Crippen molar-refractivity contribution in [3.05, 3.63) is 12.3 Å². The molecule has 0 saturated carbocycles. The maximum atomic E-state index is 8.46. The maximum Gasteiger partial charge on any atom is 0.00100 e. The fraction of sp³-hybridized carbons (Fsp3) is 0.571. The van der Waals surface area contributed by atoms with Crippen molar-refractivity contribution in [3.63, 3.8) is 0 Å². The average Bonchev–Trinajstić information content (AvgIpc) is 1.62. The Bertz CT molecular complexity index is 105. The van der Waals surface area contributed by atoms with Gasteiger partial charge < -0.3 is 16.3 Å². The van der Waals surface area contributed by atoms with Gasteiger partial charge in [0, 0.05) is 5.70 Å². The summed E-state index contributed by atoms with van der Waals surface area (Å²) in [4.78, 5) is 8.46. The number of rotatable bonds is 2. The molecule has 0 unspecified atom stereocenters. The molecule has 0 aromatic carbocycles. The van der Waals surface area contributed by atoms with Crippen molar-refractivity contribution in [2.24, 2.45) is 17.4 Å². The van der Waals surface area contributed by atoms with Crippen LogP contribution in [0.2, 0.25) is 0 Å². The van der Waals surface area contributed by atoms with Gasteiger partial charge in [-0.1, -0.05) is 20.4 Å². The molecule has 3 nitrogen and oxygen atoms in total. The third-order valence-corrected chi connectivity index (χ3v) is 0.670. The molecule has 0 spiro atoms. The van der Waals surface area contributed by atoms with Gasteiger partial charge in [0.25, 0.3) is 0 Å². The molecule has 0 aliphatic heterocycles. The third kappa shape index (κ3) is 71.6. The number of amides is 1. The van der Waals surface area contributed by atoms with E-state index in [4.69, 9.17) is 10.5 Å². The number of allylic oxidation sites excluding steroid dienone is 1. The van der Waals surface area contributed by atoms with Crippen LogP contribution in [0, 0.1) is 5.92 Å². The molecule has 0 heterocycles. The van der Waals surface area contributed by atoms with Crippen LogP contribution in [0.25, 0.3) is 0 Å². The number of hydrogen-bond donors (Lipinski definition) is 2. The average molecular weight is 400 g/mol. The Morgan fingerprint density at radius 1 is 1.64 bits per heavy atom. The molecule has 11 heavy (non-hydrogen) atoms. The van der Waals surface area contributed by atoms with Crippen molar-refractivity contribution >= 4 is 6.41 Å². The van der Waals surface area contributed by atoms with Gasteiger partial charge in [-0.25, -0.2) is 0 Å². The van der Waals surface area contributed by atoms with E-state index >= 15 is 0 Å². The van der Waals surface area contributed by atoms with Gasteiger partial charge in [-0.2, -0.15) is 6.41 Å². The van der Waals surface area contributed by atoms with E-state index in [1.54, 1.807) is 0 Å². The van der Waals surface area contributed by atoms with E-state index in [0.29, 0.717) is 5.92 Å². The molecular formula is C7H15FmN2O-. The first-order chi connectivity index (χ1) is 4.54. The van der Waals surface area contributed by atoms with Gasteiger partial charge in [0.1, 0.15) is 0 Å². The van der Waals surface area contributed by atoms with Gasteiger partial charge in [-0.05, 0) is 12.3 Å². The minimum Gasteiger partial charge on any atom is -0.543 e. The summed E-state index contributed by atoms with van der Waals surface area (Å²) < 4.78 is 0. The zero-order valence-corrected chi connectivity index (χ0v) is 9.25. The van der Waals surface area contributed by atoms with Crippen molar-refractivity contribution in [3.8, 4) is 0 Å². The van der Waals surface area contributed by atoms with Crippen LogP contribution in [0.4, 0.5) is 0 Å². The second kappa shape index (κ2) is 10.9. The minimum atomic E-state index is 0. The van der Waals surface area contributed by atoms with Crippen LogP contribution in [0.1, 0.15) is 20.3 Å². The molecule has 1 amide bonds. The van der Waals surface area contributed by atoms with E-state index in [1.807, 2.05) is 0 Å². The van der Waals surface area contributed by atoms with Gasteiger partial charge in [0.05, 0.1) is 0 Å². The van der Waals surface area contributed by atoms with Gasteiger partial charge in [-0.3, -0.25) is 0 Å². The van der Waals surface area contributed by atoms with Crippen LogP contribution in [0.5, 0.6) is 0 Å². The fourth-order valence-corrected chi connectivity index (χ4v) is 0.524. The fourth-order valence-electron chi connectivity index (χ4n) is 0.524. The molecule has 0 atom stereocenters. The summed E-state index contributed by atoms with van der Waals surface area (Å²) >= 11 is 0. The number of primary amides is 1. The molecule has 72 valence electrons. The van der Waals surface area contributed by atoms with Gasteiger partial charge in [-0.15, -0.1) is 0 Å². The Morgan fingerprint density at radius 3 is 1.91 bits per heavy atom. The Labute approximate surface area is 62.1 Å². The first-order valence-corrected chi connectivity index (χ1v) is 3.05. The van der Waals surface area contributed by atoms with Crippen molar-refractivity contribution in [1.82, 2.24) is 0 Å². The molecule has 0 aromatic heterocycles. The predicted molar refractivity (Wildman–Crippen MR) is 42.7 cm³/mol. The largest absolute Gasteiger partial charge is 0.543 e. The normalized spacial score (nSPS) is 7.18. The van der Waals surface area contributed by atoms with E-state index in [0.717, 1.165) is 18.5 Å². The molecule has 0 aliphatic carbocycles. The predicted octanol–water partition coefficient (Wildman–Crippen LogP) is 0.517. The van der Waals surface area contributed by atoms with E-state index in [2.05, 4.69) is 26.2 Å². The molecular weight excluding hydrogens is 385 g/mol. The summed E-state index contributed by atoms with van der Waals surface area (Å²) in [6.45, 7) is 7.82. The van der Waals surface area contributed by atoms with Crippen LogP contribution < -0.4 is 11.5 Å². The Balaban J connectivity index is -0.000000140. The molecule has 0 aromatic rings. The van der Waals surface area contributed by atoms with Crippen LogP contribution in [0.15, 0.2) is 12.3 Å². The number of carbonyl (C=O) groups excluding carboxylic acids is 1. The zero-order valence-electron chi connectivity index (χ0n) is 6.84. The van der Waals surface area contributed by atoms with E-state index in [-0.39, 0.29) is 0 Å². The van der Waals surface area contributed by atoms with Crippen molar-refractivity contribution in [1.29, 1.82) is 0 Å². The van der Waals surface area contributed by atoms with Gasteiger partial charge in [0.15, 0.2) is 0 Å². The topological polar surface area (TPSA) is 69.1 Å². The monoisotopic (exact) mass is 400 g/mol. The maximum absolute atomic E-state index is 8.46. The van der Waals surface area contributed by atoms with E-state index in [9.17, 15) is 0 Å². The van der Waals surface area contributed by atoms with Crippen LogP contribution in [-0.4, -0.2) is 6.41 Å². The Kier molecular flexibility index (Phi) is 15.9. The van der Waals surface area contributed by atoms with Gasteiger partial charge in [0.2, 0.25) is 0 Å². The quantitative estimate of drug-likeness (QED) is 0.524. The summed E-state index contributed by atoms with van der Waals surface area (Å²) in [6.07, 6.45) is 1.94. The standard InChI is InChI=1S/C6H13N.CH2NO.Fm/c1-5(2)4-6(3)7;2-1-3;/h5H,3-4,7H2,1-2H3;(H2,2,3);/q;-1;. The minimum absolute atomic E-state index is 0. The molecule has 0 rings (SSSR count). The molecule has 0 radical (unpaired) electrons. The summed E-state index contributed by atoms with van der Waals surface area (Å²) in [6, 6.07) is 0. The summed E-state index contributed by atoms with van der Waals surface area (Å²) in [7, 11) is 0. The van der Waals surface area contributed by atoms with Crippen LogP contribution in [0.3, 0.4) is 0 Å². The van der Waals surface area contributed by atoms with Gasteiger partial charge >= 0.3 is 0 Å². The summed E-state index contributed by atoms with van der Waals surface area (Å²) in [5.41, 5.74) is 10.1. The third-order valence-electron chi connectivity index (χ3n) is 0.670. The van der Waals surface area contributed by atoms with Crippen molar-refractivity contribution < 1.29 is 4.79 Å². The zero-order chi connectivity index (χ0) is 8.57. The second-order valence-electron chi connectivity index (χ2n) is 2.37. The smallest absolute Gasteiger partial charge is 0.00100 e. The Morgan fingerprint density at radius 2 is 1.91 bits per heavy atom. The second-order valence-corrected chi connectivity index (χ2v) is 2.37.